The average Bonchev–Trinajstić information content (AvgIpc) is 3.52. The molecule has 13 nitrogen and oxygen atoms in total. The van der Waals surface area contributed by atoms with Gasteiger partial charge in [0.2, 0.25) is 0 Å². The van der Waals surface area contributed by atoms with Crippen LogP contribution in [0.4, 0.5) is 10.5 Å². The molecule has 6 heterocycles. The van der Waals surface area contributed by atoms with Crippen molar-refractivity contribution in [3.8, 4) is 22.6 Å². The molecule has 1 aliphatic rings. The minimum atomic E-state index is -0.610. The number of nitrogens with one attached hydrogen (secondary N) is 3. The third-order valence-corrected chi connectivity index (χ3v) is 6.42. The number of nitrogens with two attached hydrogens (primary N) is 1. The van der Waals surface area contributed by atoms with Crippen molar-refractivity contribution in [3.63, 3.8) is 0 Å². The lowest BCUT2D eigenvalue weighted by molar-refractivity contribution is 0.100. The number of rotatable bonds is 4. The first-order valence-corrected chi connectivity index (χ1v) is 11.6. The van der Waals surface area contributed by atoms with E-state index in [2.05, 4.69) is 45.3 Å². The second-order valence-electron chi connectivity index (χ2n) is 8.91. The highest BCUT2D eigenvalue weighted by atomic mass is 16.2. The van der Waals surface area contributed by atoms with E-state index in [-0.39, 0.29) is 11.6 Å². The fourth-order valence-corrected chi connectivity index (χ4v) is 4.35. The number of anilines is 1. The molecule has 0 bridgehead atoms. The molecule has 0 aliphatic carbocycles. The molecule has 1 saturated heterocycles. The first-order chi connectivity index (χ1) is 18.0. The fourth-order valence-electron chi connectivity index (χ4n) is 4.35. The Labute approximate surface area is 210 Å². The molecule has 5 N–H and O–H groups in total. The minimum Gasteiger partial charge on any atom is -0.365 e. The van der Waals surface area contributed by atoms with E-state index in [0.717, 1.165) is 29.6 Å². The van der Waals surface area contributed by atoms with Crippen molar-refractivity contribution >= 4 is 39.7 Å². The molecule has 5 aromatic rings. The van der Waals surface area contributed by atoms with E-state index in [1.54, 1.807) is 29.7 Å². The number of carbonyl (C=O) groups is 2. The molecule has 1 aliphatic heterocycles. The van der Waals surface area contributed by atoms with Gasteiger partial charge in [-0.2, -0.15) is 5.10 Å². The molecule has 5 aromatic heterocycles. The summed E-state index contributed by atoms with van der Waals surface area (Å²) in [5.41, 5.74) is 9.96. The summed E-state index contributed by atoms with van der Waals surface area (Å²) in [5.74, 6) is -0.139. The second-order valence-corrected chi connectivity index (χ2v) is 8.91. The normalized spacial score (nSPS) is 14.4. The van der Waals surface area contributed by atoms with Crippen molar-refractivity contribution in [2.75, 3.05) is 38.5 Å². The molecule has 13 heteroatoms. The average molecular weight is 498 g/mol. The SMILES string of the molecule is CN1CCN(C(=O)Nc2cncc(-c3cnc4n[nH]c(-c5nc6c(C(N)=O)cncc6[nH]5)c4c3)c2)CC1. The summed E-state index contributed by atoms with van der Waals surface area (Å²) < 4.78 is 0. The first-order valence-electron chi connectivity index (χ1n) is 11.6. The van der Waals surface area contributed by atoms with Crippen LogP contribution in [0.5, 0.6) is 0 Å². The zero-order valence-corrected chi connectivity index (χ0v) is 19.9. The molecule has 0 atom stereocenters. The number of H-pyrrole nitrogens is 2. The Bertz CT molecular complexity index is 1650. The van der Waals surface area contributed by atoms with Crippen LogP contribution in [0.15, 0.2) is 43.1 Å². The Morgan fingerprint density at radius 2 is 1.78 bits per heavy atom. The van der Waals surface area contributed by atoms with Crippen molar-refractivity contribution < 1.29 is 9.59 Å². The van der Waals surface area contributed by atoms with Gasteiger partial charge in [0.05, 0.1) is 34.5 Å². The van der Waals surface area contributed by atoms with E-state index in [9.17, 15) is 9.59 Å². The molecule has 186 valence electrons. The number of fused-ring (bicyclic) bond motifs is 2. The van der Waals surface area contributed by atoms with E-state index in [1.165, 1.54) is 6.20 Å². The first kappa shape index (κ1) is 22.5. The topological polar surface area (TPSA) is 175 Å². The number of hydrogen-bond acceptors (Lipinski definition) is 8. The van der Waals surface area contributed by atoms with Crippen LogP contribution in [0.2, 0.25) is 0 Å². The van der Waals surface area contributed by atoms with Crippen LogP contribution < -0.4 is 11.1 Å². The van der Waals surface area contributed by atoms with Gasteiger partial charge < -0.3 is 25.8 Å². The number of nitrogens with zero attached hydrogens (tertiary/aromatic N) is 7. The minimum absolute atomic E-state index is 0.146. The van der Waals surface area contributed by atoms with Gasteiger partial charge in [0, 0.05) is 55.9 Å². The summed E-state index contributed by atoms with van der Waals surface area (Å²) >= 11 is 0. The van der Waals surface area contributed by atoms with E-state index >= 15 is 0 Å². The zero-order valence-electron chi connectivity index (χ0n) is 19.9. The van der Waals surface area contributed by atoms with Crippen molar-refractivity contribution in [2.45, 2.75) is 0 Å². The van der Waals surface area contributed by atoms with E-state index in [0.29, 0.717) is 47.0 Å². The van der Waals surface area contributed by atoms with Gasteiger partial charge in [0.15, 0.2) is 11.5 Å². The Balaban J connectivity index is 1.31. The number of imidazole rings is 1. The molecule has 0 radical (unpaired) electrons. The number of hydrogen-bond donors (Lipinski definition) is 4. The monoisotopic (exact) mass is 497 g/mol. The molecular weight excluding hydrogens is 474 g/mol. The summed E-state index contributed by atoms with van der Waals surface area (Å²) in [7, 11) is 2.04. The molecular formula is C24H23N11O2. The second kappa shape index (κ2) is 8.95. The van der Waals surface area contributed by atoms with Gasteiger partial charge in [-0.1, -0.05) is 0 Å². The maximum absolute atomic E-state index is 12.7. The zero-order chi connectivity index (χ0) is 25.5. The maximum Gasteiger partial charge on any atom is 0.321 e. The summed E-state index contributed by atoms with van der Waals surface area (Å²) in [4.78, 5) is 49.0. The Kier molecular flexibility index (Phi) is 5.45. The van der Waals surface area contributed by atoms with Gasteiger partial charge >= 0.3 is 6.03 Å². The third kappa shape index (κ3) is 4.21. The van der Waals surface area contributed by atoms with Crippen LogP contribution in [0.3, 0.4) is 0 Å². The van der Waals surface area contributed by atoms with Gasteiger partial charge in [-0.15, -0.1) is 0 Å². The summed E-state index contributed by atoms with van der Waals surface area (Å²) in [6.45, 7) is 3.04. The summed E-state index contributed by atoms with van der Waals surface area (Å²) in [6, 6.07) is 3.63. The lowest BCUT2D eigenvalue weighted by Crippen LogP contribution is -2.48. The Hall–Kier alpha value is -4.91. The molecule has 0 unspecified atom stereocenters. The highest BCUT2D eigenvalue weighted by Gasteiger charge is 2.20. The van der Waals surface area contributed by atoms with Crippen LogP contribution >= 0.6 is 0 Å². The van der Waals surface area contributed by atoms with Crippen LogP contribution in [-0.2, 0) is 0 Å². The predicted molar refractivity (Wildman–Crippen MR) is 137 cm³/mol. The van der Waals surface area contributed by atoms with Crippen molar-refractivity contribution in [1.29, 1.82) is 0 Å². The van der Waals surface area contributed by atoms with Gasteiger partial charge in [-0.05, 0) is 19.2 Å². The smallest absolute Gasteiger partial charge is 0.321 e. The maximum atomic E-state index is 12.7. The highest BCUT2D eigenvalue weighted by molar-refractivity contribution is 6.04. The van der Waals surface area contributed by atoms with E-state index in [4.69, 9.17) is 5.73 Å². The van der Waals surface area contributed by atoms with Crippen molar-refractivity contribution in [1.82, 2.24) is 44.9 Å². The van der Waals surface area contributed by atoms with Crippen LogP contribution in [0, 0.1) is 0 Å². The van der Waals surface area contributed by atoms with Gasteiger partial charge in [-0.3, -0.25) is 19.9 Å². The predicted octanol–water partition coefficient (Wildman–Crippen LogP) is 1.84. The number of piperazine rings is 1. The number of amides is 3. The van der Waals surface area contributed by atoms with Gasteiger partial charge in [-0.25, -0.2) is 14.8 Å². The lowest BCUT2D eigenvalue weighted by atomic mass is 10.1. The molecule has 37 heavy (non-hydrogen) atoms. The van der Waals surface area contributed by atoms with E-state index < -0.39 is 5.91 Å². The van der Waals surface area contributed by atoms with E-state index in [1.807, 2.05) is 19.2 Å². The number of pyridine rings is 3. The number of urea groups is 1. The molecule has 6 rings (SSSR count). The quantitative estimate of drug-likeness (QED) is 0.291. The van der Waals surface area contributed by atoms with Crippen molar-refractivity contribution in [3.05, 3.63) is 48.7 Å². The Morgan fingerprint density at radius 3 is 2.59 bits per heavy atom. The van der Waals surface area contributed by atoms with Crippen LogP contribution in [0.25, 0.3) is 44.7 Å². The number of primary amides is 1. The Morgan fingerprint density at radius 1 is 1.00 bits per heavy atom. The lowest BCUT2D eigenvalue weighted by Gasteiger charge is -2.32. The standard InChI is InChI=1S/C24H23N11O2/c1-34-2-4-35(5-3-34)24(37)29-15-6-13(8-26-10-15)14-7-16-20(32-33-22(16)28-9-14)23-30-18-12-27-11-17(21(25)36)19(18)31-23/h6-12H,2-5H2,1H3,(H2,25,36)(H,29,37)(H,30,31)(H,28,32,33). The van der Waals surface area contributed by atoms with Gasteiger partial charge in [0.1, 0.15) is 11.2 Å². The molecule has 1 fully saturated rings. The third-order valence-electron chi connectivity index (χ3n) is 6.42. The number of likely N-dealkylation sites (N-methyl/N-ethyl adjacent to an activating group) is 1. The van der Waals surface area contributed by atoms with Gasteiger partial charge in [0.25, 0.3) is 5.91 Å². The number of aromatic amines is 2. The number of carbonyl (C=O) groups excluding carboxylic acids is 2. The molecule has 0 aromatic carbocycles. The molecule has 0 spiro atoms. The molecule has 0 saturated carbocycles. The highest BCUT2D eigenvalue weighted by Crippen LogP contribution is 2.30. The largest absolute Gasteiger partial charge is 0.365 e. The summed E-state index contributed by atoms with van der Waals surface area (Å²) in [5, 5.41) is 10.9. The molecule has 3 amide bonds. The van der Waals surface area contributed by atoms with Crippen LogP contribution in [-0.4, -0.2) is 90.1 Å². The number of aromatic nitrogens is 7. The van der Waals surface area contributed by atoms with Crippen LogP contribution in [0.1, 0.15) is 10.4 Å². The fraction of sp³-hybridized carbons (Fsp3) is 0.208. The van der Waals surface area contributed by atoms with Crippen molar-refractivity contribution in [2.24, 2.45) is 5.73 Å². The summed E-state index contributed by atoms with van der Waals surface area (Å²) in [6.07, 6.45) is 7.99.